The van der Waals surface area contributed by atoms with Crippen LogP contribution in [-0.2, 0) is 33.2 Å². The van der Waals surface area contributed by atoms with Gasteiger partial charge >= 0.3 is 0 Å². The summed E-state index contributed by atoms with van der Waals surface area (Å²) in [5.41, 5.74) is 0. The molecule has 3 heterocycles. The van der Waals surface area contributed by atoms with Crippen molar-refractivity contribution in [3.8, 4) is 0 Å². The van der Waals surface area contributed by atoms with E-state index in [1.165, 1.54) is 180 Å². The van der Waals surface area contributed by atoms with Gasteiger partial charge in [-0.05, 0) is 83.5 Å². The first-order valence-electron chi connectivity index (χ1n) is 42.6. The van der Waals surface area contributed by atoms with Crippen molar-refractivity contribution < 1.29 is 89.4 Å². The van der Waals surface area contributed by atoms with E-state index >= 15 is 0 Å². The first-order valence-corrected chi connectivity index (χ1v) is 42.6. The van der Waals surface area contributed by atoms with Gasteiger partial charge in [0.1, 0.15) is 73.2 Å². The van der Waals surface area contributed by atoms with Gasteiger partial charge in [0.25, 0.3) is 0 Å². The van der Waals surface area contributed by atoms with Crippen molar-refractivity contribution in [1.82, 2.24) is 5.32 Å². The van der Waals surface area contributed by atoms with Crippen molar-refractivity contribution in [2.24, 2.45) is 0 Å². The van der Waals surface area contributed by atoms with Crippen LogP contribution in [-0.4, -0.2) is 193 Å². The van der Waals surface area contributed by atoms with E-state index in [2.05, 4.69) is 116 Å². The largest absolute Gasteiger partial charge is 0.394 e. The number of unbranched alkanes of at least 4 members (excludes halogenated alkanes) is 35. The van der Waals surface area contributed by atoms with Crippen LogP contribution < -0.4 is 5.32 Å². The van der Waals surface area contributed by atoms with Gasteiger partial charge in [-0.2, -0.15) is 0 Å². The second kappa shape index (κ2) is 67.0. The molecule has 1 amide bonds. The van der Waals surface area contributed by atoms with E-state index in [9.17, 15) is 61.0 Å². The van der Waals surface area contributed by atoms with Gasteiger partial charge in [-0.1, -0.05) is 329 Å². The van der Waals surface area contributed by atoms with Crippen molar-refractivity contribution in [1.29, 1.82) is 0 Å². The molecule has 3 rings (SSSR count). The van der Waals surface area contributed by atoms with E-state index in [0.29, 0.717) is 6.42 Å². The van der Waals surface area contributed by atoms with Crippen LogP contribution >= 0.6 is 0 Å². The molecular formula is C88H153NO18. The van der Waals surface area contributed by atoms with Crippen LogP contribution in [0.25, 0.3) is 0 Å². The number of rotatable bonds is 67. The number of carbonyl (C=O) groups is 1. The first-order chi connectivity index (χ1) is 52.3. The third-order valence-electron chi connectivity index (χ3n) is 20.6. The summed E-state index contributed by atoms with van der Waals surface area (Å²) in [6.45, 7) is 1.65. The second-order valence-electron chi connectivity index (χ2n) is 29.9. The Morgan fingerprint density at radius 3 is 1.01 bits per heavy atom. The zero-order chi connectivity index (χ0) is 77.4. The molecule has 19 nitrogen and oxygen atoms in total. The molecule has 0 aromatic heterocycles. The van der Waals surface area contributed by atoms with E-state index in [-0.39, 0.29) is 18.9 Å². The number of nitrogens with one attached hydrogen (secondary N) is 1. The number of hydrogen-bond acceptors (Lipinski definition) is 18. The molecule has 3 saturated heterocycles. The summed E-state index contributed by atoms with van der Waals surface area (Å²) in [5, 5.41) is 121. The predicted molar refractivity (Wildman–Crippen MR) is 429 cm³/mol. The Balaban J connectivity index is 1.34. The summed E-state index contributed by atoms with van der Waals surface area (Å²) in [6.07, 6.45) is 66.4. The van der Waals surface area contributed by atoms with Crippen LogP contribution in [0.5, 0.6) is 0 Å². The highest BCUT2D eigenvalue weighted by atomic mass is 16.8. The van der Waals surface area contributed by atoms with Crippen molar-refractivity contribution in [2.75, 3.05) is 26.4 Å². The quantitative estimate of drug-likeness (QED) is 0.0199. The van der Waals surface area contributed by atoms with Gasteiger partial charge in [-0.3, -0.25) is 4.79 Å². The van der Waals surface area contributed by atoms with E-state index in [4.69, 9.17) is 28.4 Å². The number of aliphatic hydroxyl groups is 11. The summed E-state index contributed by atoms with van der Waals surface area (Å²) in [5.74, 6) is -0.276. The van der Waals surface area contributed by atoms with Crippen molar-refractivity contribution in [3.63, 3.8) is 0 Å². The molecule has 17 atom stereocenters. The number of aliphatic hydroxyl groups excluding tert-OH is 11. The summed E-state index contributed by atoms with van der Waals surface area (Å²) >= 11 is 0. The zero-order valence-corrected chi connectivity index (χ0v) is 66.3. The Morgan fingerprint density at radius 2 is 0.645 bits per heavy atom. The Morgan fingerprint density at radius 1 is 0.346 bits per heavy atom. The van der Waals surface area contributed by atoms with E-state index in [1.807, 2.05) is 6.08 Å². The van der Waals surface area contributed by atoms with E-state index in [1.54, 1.807) is 6.08 Å². The maximum atomic E-state index is 13.5. The summed E-state index contributed by atoms with van der Waals surface area (Å²) < 4.78 is 34.5. The van der Waals surface area contributed by atoms with Crippen LogP contribution in [0.3, 0.4) is 0 Å². The highest BCUT2D eigenvalue weighted by Gasteiger charge is 2.54. The Kier molecular flexibility index (Phi) is 61.1. The number of hydrogen-bond donors (Lipinski definition) is 12. The van der Waals surface area contributed by atoms with Crippen molar-refractivity contribution in [3.05, 3.63) is 109 Å². The lowest BCUT2D eigenvalue weighted by atomic mass is 9.96. The highest BCUT2D eigenvalue weighted by molar-refractivity contribution is 5.76. The molecule has 0 saturated carbocycles. The predicted octanol–water partition coefficient (Wildman–Crippen LogP) is 15.3. The summed E-state index contributed by atoms with van der Waals surface area (Å²) in [4.78, 5) is 13.5. The SMILES string of the molecule is CC/C=C\C/C=C\C/C=C\C/C=C\C/C=C\C/C=C\C/C=C\C/C=C\CCCCCCCCCCCCCCCCC(=O)NC(COC1OC(CO)C(OC2OC(CO)C(OC3OC(CO)C(O)C(O)C3O)C(O)C2O)C(O)C1O)C(O)/C=C/CCCCCCCCCCCCCCCCCCCCCCC. The average molecular weight is 1510 g/mol. The minimum absolute atomic E-state index is 0.238. The van der Waals surface area contributed by atoms with Crippen LogP contribution in [0.4, 0.5) is 0 Å². The maximum absolute atomic E-state index is 13.5. The molecule has 19 heteroatoms. The lowest BCUT2D eigenvalue weighted by molar-refractivity contribution is -0.379. The smallest absolute Gasteiger partial charge is 0.220 e. The molecule has 0 aliphatic carbocycles. The molecule has 0 spiro atoms. The van der Waals surface area contributed by atoms with Gasteiger partial charge < -0.3 is 89.9 Å². The van der Waals surface area contributed by atoms with E-state index in [0.717, 1.165) is 103 Å². The van der Waals surface area contributed by atoms with Crippen LogP contribution in [0.1, 0.15) is 309 Å². The Hall–Kier alpha value is -3.55. The third-order valence-corrected chi connectivity index (χ3v) is 20.6. The normalized spacial score (nSPS) is 26.1. The molecule has 3 aliphatic heterocycles. The van der Waals surface area contributed by atoms with Gasteiger partial charge in [-0.25, -0.2) is 0 Å². The topological polar surface area (TPSA) is 307 Å². The van der Waals surface area contributed by atoms with Gasteiger partial charge in [0.05, 0.1) is 38.6 Å². The molecule has 17 unspecified atom stereocenters. The summed E-state index contributed by atoms with van der Waals surface area (Å²) in [6, 6.07) is -0.981. The van der Waals surface area contributed by atoms with Gasteiger partial charge in [0, 0.05) is 6.42 Å². The van der Waals surface area contributed by atoms with E-state index < -0.39 is 124 Å². The van der Waals surface area contributed by atoms with Crippen LogP contribution in [0.2, 0.25) is 0 Å². The fraction of sp³-hybridized carbons (Fsp3) is 0.784. The molecule has 12 N–H and O–H groups in total. The van der Waals surface area contributed by atoms with Crippen LogP contribution in [0.15, 0.2) is 109 Å². The van der Waals surface area contributed by atoms with Crippen molar-refractivity contribution >= 4 is 5.91 Å². The number of ether oxygens (including phenoxy) is 6. The molecule has 0 aromatic carbocycles. The van der Waals surface area contributed by atoms with Crippen LogP contribution in [0, 0.1) is 0 Å². The Labute approximate surface area is 646 Å². The molecule has 0 aromatic rings. The standard InChI is InChI=1S/C88H153NO18/c1-3-5-7-9-11-13-15-17-19-21-23-25-27-28-29-30-31-32-33-34-35-36-37-38-39-40-41-42-44-46-48-50-52-54-56-58-60-62-64-66-76(94)89-71(72(93)65-63-61-59-57-55-53-51-49-47-45-43-26-24-22-20-18-16-14-12-10-8-6-4-2)70-102-86-82(100)79(97)84(74(68-91)104-86)107-88-83(101)80(98)85(75(69-92)105-88)106-87-81(99)78(96)77(95)73(67-90)103-87/h5,7,11,13,17,19,23,25,28-29,31-32,34-35,37-38,63,65,71-75,77-88,90-93,95-101H,3-4,6,8-10,12,14-16,18,20-22,24,26-27,30,33,36,39-62,64,66-70H2,1-2H3,(H,89,94)/b7-5-,13-11-,19-17-,25-23-,29-28-,32-31-,35-34-,38-37-,65-63+. The van der Waals surface area contributed by atoms with Gasteiger partial charge in [-0.15, -0.1) is 0 Å². The highest BCUT2D eigenvalue weighted by Crippen LogP contribution is 2.33. The number of carbonyl (C=O) groups excluding carboxylic acids is 1. The van der Waals surface area contributed by atoms with Gasteiger partial charge in [0.15, 0.2) is 18.9 Å². The molecule has 107 heavy (non-hydrogen) atoms. The molecule has 3 fully saturated rings. The molecule has 0 radical (unpaired) electrons. The second-order valence-corrected chi connectivity index (χ2v) is 29.9. The fourth-order valence-corrected chi connectivity index (χ4v) is 13.8. The first kappa shape index (κ1) is 97.6. The minimum Gasteiger partial charge on any atom is -0.394 e. The molecule has 618 valence electrons. The minimum atomic E-state index is -1.98. The lowest BCUT2D eigenvalue weighted by Gasteiger charge is -2.48. The number of amides is 1. The fourth-order valence-electron chi connectivity index (χ4n) is 13.8. The monoisotopic (exact) mass is 1510 g/mol. The Bertz CT molecular complexity index is 2360. The van der Waals surface area contributed by atoms with Gasteiger partial charge in [0.2, 0.25) is 5.91 Å². The lowest BCUT2D eigenvalue weighted by Crippen LogP contribution is -2.66. The summed E-state index contributed by atoms with van der Waals surface area (Å²) in [7, 11) is 0. The average Bonchev–Trinajstić information content (AvgIpc) is 0.781. The number of allylic oxidation sites excluding steroid dienone is 17. The van der Waals surface area contributed by atoms with Crippen molar-refractivity contribution in [2.45, 2.75) is 413 Å². The molecule has 0 bridgehead atoms. The molecular weight excluding hydrogens is 1360 g/mol. The maximum Gasteiger partial charge on any atom is 0.220 e. The zero-order valence-electron chi connectivity index (χ0n) is 66.3. The molecule has 3 aliphatic rings. The third kappa shape index (κ3) is 46.3.